The maximum atomic E-state index is 5.95. The summed E-state index contributed by atoms with van der Waals surface area (Å²) in [5.41, 5.74) is 7.70. The molecule has 0 aromatic heterocycles. The third-order valence-corrected chi connectivity index (χ3v) is 3.28. The molecule has 0 unspecified atom stereocenters. The fourth-order valence-electron chi connectivity index (χ4n) is 2.08. The molecule has 0 aliphatic heterocycles. The Labute approximate surface area is 117 Å². The molecule has 1 aromatic rings. The number of nitrogens with one attached hydrogen (secondary N) is 1. The molecule has 0 atom stereocenters. The van der Waals surface area contributed by atoms with E-state index in [-0.39, 0.29) is 0 Å². The average molecular weight is 264 g/mol. The van der Waals surface area contributed by atoms with E-state index in [4.69, 9.17) is 10.5 Å². The van der Waals surface area contributed by atoms with Gasteiger partial charge in [0, 0.05) is 12.6 Å². The molecule has 3 N–H and O–H groups in total. The first-order chi connectivity index (χ1) is 9.13. The van der Waals surface area contributed by atoms with Crippen LogP contribution < -0.4 is 15.8 Å². The van der Waals surface area contributed by atoms with Crippen molar-refractivity contribution in [2.45, 2.75) is 46.0 Å². The first-order valence-corrected chi connectivity index (χ1v) is 7.31. The highest BCUT2D eigenvalue weighted by Gasteiger charge is 2.00. The summed E-state index contributed by atoms with van der Waals surface area (Å²) in [4.78, 5) is 0. The van der Waals surface area contributed by atoms with Crippen molar-refractivity contribution >= 4 is 11.4 Å². The summed E-state index contributed by atoms with van der Waals surface area (Å²) in [6.07, 6.45) is 6.51. The van der Waals surface area contributed by atoms with E-state index in [9.17, 15) is 0 Å². The Bertz CT molecular complexity index is 364. The van der Waals surface area contributed by atoms with Crippen LogP contribution in [0.15, 0.2) is 18.2 Å². The number of unbranched alkanes of at least 4 members (excludes halogenated alkanes) is 3. The van der Waals surface area contributed by atoms with Crippen molar-refractivity contribution in [3.63, 3.8) is 0 Å². The molecule has 0 saturated heterocycles. The van der Waals surface area contributed by atoms with Crippen LogP contribution in [0.5, 0.6) is 5.75 Å². The van der Waals surface area contributed by atoms with E-state index in [1.807, 2.05) is 18.2 Å². The molecular weight excluding hydrogens is 236 g/mol. The molecule has 3 heteroatoms. The third kappa shape index (κ3) is 6.37. The minimum absolute atomic E-state index is 0.749. The zero-order valence-corrected chi connectivity index (χ0v) is 12.5. The van der Waals surface area contributed by atoms with Gasteiger partial charge in [-0.1, -0.05) is 39.5 Å². The largest absolute Gasteiger partial charge is 0.497 e. The van der Waals surface area contributed by atoms with Crippen LogP contribution in [-0.4, -0.2) is 13.7 Å². The number of nitrogens with two attached hydrogens (primary N) is 1. The van der Waals surface area contributed by atoms with Gasteiger partial charge < -0.3 is 15.8 Å². The normalized spacial score (nSPS) is 10.7. The van der Waals surface area contributed by atoms with Crippen LogP contribution >= 0.6 is 0 Å². The smallest absolute Gasteiger partial charge is 0.121 e. The van der Waals surface area contributed by atoms with E-state index >= 15 is 0 Å². The lowest BCUT2D eigenvalue weighted by Crippen LogP contribution is -2.04. The number of benzene rings is 1. The van der Waals surface area contributed by atoms with E-state index in [2.05, 4.69) is 19.2 Å². The summed E-state index contributed by atoms with van der Waals surface area (Å²) in [5.74, 6) is 1.63. The van der Waals surface area contributed by atoms with Crippen LogP contribution in [0.3, 0.4) is 0 Å². The average Bonchev–Trinajstić information content (AvgIpc) is 2.38. The molecule has 0 saturated carbocycles. The predicted molar refractivity (Wildman–Crippen MR) is 83.8 cm³/mol. The van der Waals surface area contributed by atoms with Crippen LogP contribution in [0.1, 0.15) is 46.0 Å². The number of hydrogen-bond acceptors (Lipinski definition) is 3. The molecule has 0 fully saturated rings. The summed E-state index contributed by atoms with van der Waals surface area (Å²) >= 11 is 0. The number of ether oxygens (including phenoxy) is 1. The number of nitrogen functional groups attached to an aromatic ring is 1. The summed E-state index contributed by atoms with van der Waals surface area (Å²) in [5, 5.41) is 3.38. The SMILES string of the molecule is COc1ccc(NCCCCCCC(C)C)c(N)c1. The Hall–Kier alpha value is -1.38. The van der Waals surface area contributed by atoms with Gasteiger partial charge in [0.1, 0.15) is 5.75 Å². The Morgan fingerprint density at radius 2 is 1.89 bits per heavy atom. The van der Waals surface area contributed by atoms with Gasteiger partial charge in [-0.15, -0.1) is 0 Å². The molecule has 1 aromatic carbocycles. The van der Waals surface area contributed by atoms with Crippen LogP contribution in [0.2, 0.25) is 0 Å². The first kappa shape index (κ1) is 15.7. The summed E-state index contributed by atoms with van der Waals surface area (Å²) in [7, 11) is 1.65. The van der Waals surface area contributed by atoms with Gasteiger partial charge in [-0.2, -0.15) is 0 Å². The van der Waals surface area contributed by atoms with Crippen LogP contribution in [0, 0.1) is 5.92 Å². The van der Waals surface area contributed by atoms with Gasteiger partial charge in [0.05, 0.1) is 18.5 Å². The molecular formula is C16H28N2O. The molecule has 3 nitrogen and oxygen atoms in total. The van der Waals surface area contributed by atoms with Gasteiger partial charge in [-0.25, -0.2) is 0 Å². The summed E-state index contributed by atoms with van der Waals surface area (Å²) in [6.45, 7) is 5.56. The van der Waals surface area contributed by atoms with Crippen molar-refractivity contribution in [2.24, 2.45) is 5.92 Å². The fourth-order valence-corrected chi connectivity index (χ4v) is 2.08. The van der Waals surface area contributed by atoms with Gasteiger partial charge in [0.15, 0.2) is 0 Å². The lowest BCUT2D eigenvalue weighted by atomic mass is 10.0. The predicted octanol–water partition coefficient (Wildman–Crippen LogP) is 4.30. The Morgan fingerprint density at radius 1 is 1.16 bits per heavy atom. The Kier molecular flexibility index (Phi) is 7.16. The van der Waals surface area contributed by atoms with Crippen LogP contribution in [0.25, 0.3) is 0 Å². The van der Waals surface area contributed by atoms with Crippen molar-refractivity contribution in [3.05, 3.63) is 18.2 Å². The van der Waals surface area contributed by atoms with Crippen molar-refractivity contribution in [3.8, 4) is 5.75 Å². The molecule has 19 heavy (non-hydrogen) atoms. The van der Waals surface area contributed by atoms with Gasteiger partial charge in [0.2, 0.25) is 0 Å². The number of anilines is 2. The third-order valence-electron chi connectivity index (χ3n) is 3.28. The van der Waals surface area contributed by atoms with E-state index in [1.54, 1.807) is 7.11 Å². The topological polar surface area (TPSA) is 47.3 Å². The Balaban J connectivity index is 2.15. The molecule has 108 valence electrons. The van der Waals surface area contributed by atoms with Gasteiger partial charge in [0.25, 0.3) is 0 Å². The van der Waals surface area contributed by atoms with Crippen molar-refractivity contribution in [2.75, 3.05) is 24.7 Å². The molecule has 0 radical (unpaired) electrons. The number of rotatable bonds is 9. The highest BCUT2D eigenvalue weighted by Crippen LogP contribution is 2.24. The second-order valence-electron chi connectivity index (χ2n) is 5.48. The fraction of sp³-hybridized carbons (Fsp3) is 0.625. The number of hydrogen-bond donors (Lipinski definition) is 2. The summed E-state index contributed by atoms with van der Waals surface area (Å²) in [6, 6.07) is 5.76. The molecule has 0 amide bonds. The maximum absolute atomic E-state index is 5.95. The highest BCUT2D eigenvalue weighted by atomic mass is 16.5. The maximum Gasteiger partial charge on any atom is 0.121 e. The van der Waals surface area contributed by atoms with Crippen LogP contribution in [-0.2, 0) is 0 Å². The van der Waals surface area contributed by atoms with E-state index in [0.29, 0.717) is 0 Å². The molecule has 0 spiro atoms. The zero-order chi connectivity index (χ0) is 14.1. The monoisotopic (exact) mass is 264 g/mol. The van der Waals surface area contributed by atoms with Gasteiger partial charge in [-0.05, 0) is 24.5 Å². The van der Waals surface area contributed by atoms with Crippen LogP contribution in [0.4, 0.5) is 11.4 Å². The van der Waals surface area contributed by atoms with E-state index < -0.39 is 0 Å². The number of methoxy groups -OCH3 is 1. The van der Waals surface area contributed by atoms with E-state index in [1.165, 1.54) is 32.1 Å². The highest BCUT2D eigenvalue weighted by molar-refractivity contribution is 5.68. The molecule has 1 rings (SSSR count). The quantitative estimate of drug-likeness (QED) is 0.516. The Morgan fingerprint density at radius 3 is 2.53 bits per heavy atom. The lowest BCUT2D eigenvalue weighted by molar-refractivity contribution is 0.415. The molecule has 0 heterocycles. The zero-order valence-electron chi connectivity index (χ0n) is 12.5. The van der Waals surface area contributed by atoms with E-state index in [0.717, 1.165) is 29.6 Å². The minimum Gasteiger partial charge on any atom is -0.497 e. The molecule has 0 aliphatic rings. The van der Waals surface area contributed by atoms with Gasteiger partial charge in [-0.3, -0.25) is 0 Å². The lowest BCUT2D eigenvalue weighted by Gasteiger charge is -2.10. The minimum atomic E-state index is 0.749. The van der Waals surface area contributed by atoms with Gasteiger partial charge >= 0.3 is 0 Å². The summed E-state index contributed by atoms with van der Waals surface area (Å²) < 4.78 is 5.13. The van der Waals surface area contributed by atoms with Crippen molar-refractivity contribution in [1.29, 1.82) is 0 Å². The standard InChI is InChI=1S/C16H28N2O/c1-13(2)8-6-4-5-7-11-18-16-10-9-14(19-3)12-15(16)17/h9-10,12-13,18H,4-8,11,17H2,1-3H3. The first-order valence-electron chi connectivity index (χ1n) is 7.31. The molecule has 0 bridgehead atoms. The van der Waals surface area contributed by atoms with Crippen molar-refractivity contribution in [1.82, 2.24) is 0 Å². The second-order valence-corrected chi connectivity index (χ2v) is 5.48. The van der Waals surface area contributed by atoms with Crippen molar-refractivity contribution < 1.29 is 4.74 Å². The second kappa shape index (κ2) is 8.68. The molecule has 0 aliphatic carbocycles.